The number of nitrogens with two attached hydrogens (primary N) is 1. The fraction of sp³-hybridized carbons (Fsp3) is 1.00. The topological polar surface area (TPSA) is 32.5 Å². The molecule has 2 unspecified atom stereocenters. The second-order valence-corrected chi connectivity index (χ2v) is 6.23. The van der Waals surface area contributed by atoms with Gasteiger partial charge in [0.2, 0.25) is 0 Å². The summed E-state index contributed by atoms with van der Waals surface area (Å²) in [4.78, 5) is 5.49. The highest BCUT2D eigenvalue weighted by Gasteiger charge is 2.35. The average Bonchev–Trinajstić information content (AvgIpc) is 2.86. The van der Waals surface area contributed by atoms with E-state index >= 15 is 0 Å². The van der Waals surface area contributed by atoms with Crippen LogP contribution < -0.4 is 5.73 Å². The smallest absolute Gasteiger partial charge is 0.0122 e. The quantitative estimate of drug-likeness (QED) is 0.785. The predicted molar refractivity (Wildman–Crippen MR) is 71.0 cm³/mol. The van der Waals surface area contributed by atoms with Gasteiger partial charge in [0.05, 0.1) is 0 Å². The van der Waals surface area contributed by atoms with Gasteiger partial charge >= 0.3 is 0 Å². The molecule has 3 heterocycles. The van der Waals surface area contributed by atoms with Crippen LogP contribution >= 0.6 is 0 Å². The van der Waals surface area contributed by atoms with Gasteiger partial charge in [-0.05, 0) is 77.2 Å². The average molecular weight is 237 g/mol. The van der Waals surface area contributed by atoms with Crippen LogP contribution in [0.15, 0.2) is 0 Å². The van der Waals surface area contributed by atoms with Crippen LogP contribution in [0, 0.1) is 5.92 Å². The molecule has 0 aromatic carbocycles. The first-order chi connectivity index (χ1) is 8.36. The molecule has 0 aromatic rings. The molecule has 3 fully saturated rings. The standard InChI is InChI=1S/C14H27N3/c15-11-12-3-7-17(8-4-12)14-5-9-16-6-1-2-13(16)10-14/h12-14H,1-11,15H2. The Labute approximate surface area is 105 Å². The highest BCUT2D eigenvalue weighted by Crippen LogP contribution is 2.31. The predicted octanol–water partition coefficient (Wildman–Crippen LogP) is 1.28. The minimum atomic E-state index is 0.804. The maximum absolute atomic E-state index is 5.77. The molecule has 0 spiro atoms. The van der Waals surface area contributed by atoms with Gasteiger partial charge in [-0.3, -0.25) is 0 Å². The van der Waals surface area contributed by atoms with Gasteiger partial charge in [-0.15, -0.1) is 0 Å². The maximum atomic E-state index is 5.77. The van der Waals surface area contributed by atoms with E-state index in [-0.39, 0.29) is 0 Å². The van der Waals surface area contributed by atoms with E-state index in [0.29, 0.717) is 0 Å². The summed E-state index contributed by atoms with van der Waals surface area (Å²) in [7, 11) is 0. The Morgan fingerprint density at radius 2 is 1.47 bits per heavy atom. The molecular weight excluding hydrogens is 210 g/mol. The van der Waals surface area contributed by atoms with Crippen LogP contribution in [0.1, 0.15) is 38.5 Å². The van der Waals surface area contributed by atoms with Crippen LogP contribution in [0.25, 0.3) is 0 Å². The minimum absolute atomic E-state index is 0.804. The number of piperidine rings is 2. The van der Waals surface area contributed by atoms with Crippen LogP contribution in [-0.2, 0) is 0 Å². The number of rotatable bonds is 2. The second-order valence-electron chi connectivity index (χ2n) is 6.23. The minimum Gasteiger partial charge on any atom is -0.330 e. The Balaban J connectivity index is 1.52. The van der Waals surface area contributed by atoms with Crippen molar-refractivity contribution in [2.75, 3.05) is 32.7 Å². The normalized spacial score (nSPS) is 37.2. The first-order valence-electron chi connectivity index (χ1n) is 7.55. The van der Waals surface area contributed by atoms with Gasteiger partial charge in [-0.25, -0.2) is 0 Å². The van der Waals surface area contributed by atoms with Gasteiger partial charge in [0.25, 0.3) is 0 Å². The molecule has 98 valence electrons. The molecule has 3 nitrogen and oxygen atoms in total. The molecule has 3 aliphatic rings. The van der Waals surface area contributed by atoms with E-state index in [1.54, 1.807) is 0 Å². The van der Waals surface area contributed by atoms with Crippen molar-refractivity contribution in [3.05, 3.63) is 0 Å². The summed E-state index contributed by atoms with van der Waals surface area (Å²) in [6.45, 7) is 6.23. The number of likely N-dealkylation sites (tertiary alicyclic amines) is 1. The zero-order valence-electron chi connectivity index (χ0n) is 11.0. The number of fused-ring (bicyclic) bond motifs is 1. The summed E-state index contributed by atoms with van der Waals surface area (Å²) in [6.07, 6.45) is 8.41. The largest absolute Gasteiger partial charge is 0.330 e. The van der Waals surface area contributed by atoms with Crippen molar-refractivity contribution < 1.29 is 0 Å². The van der Waals surface area contributed by atoms with E-state index in [1.807, 2.05) is 0 Å². The Morgan fingerprint density at radius 1 is 0.824 bits per heavy atom. The van der Waals surface area contributed by atoms with Gasteiger partial charge in [-0.2, -0.15) is 0 Å². The van der Waals surface area contributed by atoms with Crippen molar-refractivity contribution in [1.82, 2.24) is 9.80 Å². The van der Waals surface area contributed by atoms with Crippen molar-refractivity contribution in [1.29, 1.82) is 0 Å². The van der Waals surface area contributed by atoms with E-state index in [9.17, 15) is 0 Å². The van der Waals surface area contributed by atoms with E-state index in [4.69, 9.17) is 5.73 Å². The molecule has 0 bridgehead atoms. The molecule has 0 radical (unpaired) electrons. The maximum Gasteiger partial charge on any atom is 0.0122 e. The molecule has 0 amide bonds. The van der Waals surface area contributed by atoms with Crippen molar-refractivity contribution in [2.45, 2.75) is 50.6 Å². The van der Waals surface area contributed by atoms with Crippen LogP contribution in [0.2, 0.25) is 0 Å². The highest BCUT2D eigenvalue weighted by molar-refractivity contribution is 4.91. The first-order valence-corrected chi connectivity index (χ1v) is 7.55. The lowest BCUT2D eigenvalue weighted by Crippen LogP contribution is -2.50. The van der Waals surface area contributed by atoms with Crippen molar-refractivity contribution in [2.24, 2.45) is 11.7 Å². The molecule has 2 atom stereocenters. The first kappa shape index (κ1) is 11.9. The summed E-state index contributed by atoms with van der Waals surface area (Å²) in [5, 5.41) is 0. The third-order valence-electron chi connectivity index (χ3n) is 5.29. The SMILES string of the molecule is NCC1CCN(C2CCN3CCCC3C2)CC1. The Kier molecular flexibility index (Phi) is 3.69. The van der Waals surface area contributed by atoms with Crippen LogP contribution in [-0.4, -0.2) is 54.6 Å². The molecule has 3 rings (SSSR count). The summed E-state index contributed by atoms with van der Waals surface area (Å²) in [5.41, 5.74) is 5.77. The molecule has 0 aromatic heterocycles. The van der Waals surface area contributed by atoms with Gasteiger partial charge in [-0.1, -0.05) is 0 Å². The molecule has 3 aliphatic heterocycles. The van der Waals surface area contributed by atoms with Gasteiger partial charge in [0.1, 0.15) is 0 Å². The lowest BCUT2D eigenvalue weighted by atomic mass is 9.91. The number of hydrogen-bond donors (Lipinski definition) is 1. The fourth-order valence-corrected chi connectivity index (χ4v) is 4.09. The monoisotopic (exact) mass is 237 g/mol. The number of nitrogens with zero attached hydrogens (tertiary/aromatic N) is 2. The summed E-state index contributed by atoms with van der Waals surface area (Å²) in [6, 6.07) is 1.80. The zero-order chi connectivity index (χ0) is 11.7. The second kappa shape index (κ2) is 5.25. The molecule has 3 saturated heterocycles. The van der Waals surface area contributed by atoms with Gasteiger partial charge in [0.15, 0.2) is 0 Å². The molecule has 3 heteroatoms. The zero-order valence-corrected chi connectivity index (χ0v) is 11.0. The van der Waals surface area contributed by atoms with Crippen LogP contribution in [0.3, 0.4) is 0 Å². The third kappa shape index (κ3) is 2.51. The third-order valence-corrected chi connectivity index (χ3v) is 5.29. The highest BCUT2D eigenvalue weighted by atomic mass is 15.2. The molecule has 2 N–H and O–H groups in total. The Hall–Kier alpha value is -0.120. The lowest BCUT2D eigenvalue weighted by Gasteiger charge is -2.43. The molecule has 0 aliphatic carbocycles. The van der Waals surface area contributed by atoms with E-state index in [0.717, 1.165) is 24.5 Å². The lowest BCUT2D eigenvalue weighted by molar-refractivity contribution is 0.0634. The molecule has 0 saturated carbocycles. The van der Waals surface area contributed by atoms with Gasteiger partial charge in [0, 0.05) is 12.1 Å². The van der Waals surface area contributed by atoms with Crippen molar-refractivity contribution in [3.63, 3.8) is 0 Å². The van der Waals surface area contributed by atoms with Crippen molar-refractivity contribution >= 4 is 0 Å². The van der Waals surface area contributed by atoms with E-state index in [1.165, 1.54) is 64.7 Å². The summed E-state index contributed by atoms with van der Waals surface area (Å²) < 4.78 is 0. The fourth-order valence-electron chi connectivity index (χ4n) is 4.09. The Bertz CT molecular complexity index is 248. The van der Waals surface area contributed by atoms with E-state index in [2.05, 4.69) is 9.80 Å². The summed E-state index contributed by atoms with van der Waals surface area (Å²) >= 11 is 0. The van der Waals surface area contributed by atoms with Crippen molar-refractivity contribution in [3.8, 4) is 0 Å². The van der Waals surface area contributed by atoms with Crippen LogP contribution in [0.5, 0.6) is 0 Å². The number of hydrogen-bond acceptors (Lipinski definition) is 3. The summed E-state index contributed by atoms with van der Waals surface area (Å²) in [5.74, 6) is 0.804. The molecular formula is C14H27N3. The van der Waals surface area contributed by atoms with E-state index < -0.39 is 0 Å². The van der Waals surface area contributed by atoms with Crippen LogP contribution in [0.4, 0.5) is 0 Å². The molecule has 17 heavy (non-hydrogen) atoms. The van der Waals surface area contributed by atoms with Gasteiger partial charge < -0.3 is 15.5 Å². The Morgan fingerprint density at radius 3 is 2.24 bits per heavy atom.